The van der Waals surface area contributed by atoms with Crippen LogP contribution >= 0.6 is 15.9 Å². The van der Waals surface area contributed by atoms with E-state index in [1.807, 2.05) is 51.1 Å². The van der Waals surface area contributed by atoms with Gasteiger partial charge in [-0.25, -0.2) is 4.79 Å². The van der Waals surface area contributed by atoms with E-state index < -0.39 is 47.9 Å². The highest BCUT2D eigenvalue weighted by molar-refractivity contribution is 9.09. The molecule has 6 atom stereocenters. The minimum absolute atomic E-state index is 0.0116. The minimum Gasteiger partial charge on any atom is -0.497 e. The zero-order valence-electron chi connectivity index (χ0n) is 27.1. The summed E-state index contributed by atoms with van der Waals surface area (Å²) >= 11 is 3.62. The van der Waals surface area contributed by atoms with Gasteiger partial charge < -0.3 is 30.3 Å². The summed E-state index contributed by atoms with van der Waals surface area (Å²) in [5.74, 6) is -2.94. The maximum Gasteiger partial charge on any atom is 0.345 e. The van der Waals surface area contributed by atoms with Gasteiger partial charge in [0.2, 0.25) is 11.8 Å². The van der Waals surface area contributed by atoms with Gasteiger partial charge in [-0.15, -0.1) is 0 Å². The van der Waals surface area contributed by atoms with Crippen LogP contribution in [0.3, 0.4) is 0 Å². The lowest BCUT2D eigenvalue weighted by Gasteiger charge is -2.23. The molecular formula is C35H47BrN2O8. The van der Waals surface area contributed by atoms with Crippen molar-refractivity contribution in [1.82, 2.24) is 10.6 Å². The number of benzene rings is 2. The predicted octanol–water partition coefficient (Wildman–Crippen LogP) is 4.99. The van der Waals surface area contributed by atoms with Gasteiger partial charge in [0.05, 0.1) is 19.1 Å². The average molecular weight is 704 g/mol. The Morgan fingerprint density at radius 3 is 2.22 bits per heavy atom. The number of ether oxygens (including phenoxy) is 2. The van der Waals surface area contributed by atoms with E-state index in [1.165, 1.54) is 13.0 Å². The van der Waals surface area contributed by atoms with Gasteiger partial charge in [0.1, 0.15) is 11.8 Å². The number of amides is 2. The normalized spacial score (nSPS) is 15.3. The maximum absolute atomic E-state index is 13.2. The van der Waals surface area contributed by atoms with Crippen molar-refractivity contribution in [2.75, 3.05) is 13.7 Å². The molecule has 0 aliphatic rings. The number of aliphatic hydroxyl groups excluding tert-OH is 1. The minimum atomic E-state index is -1.27. The number of carbonyl (C=O) groups excluding carboxylic acids is 3. The molecule has 46 heavy (non-hydrogen) atoms. The molecule has 0 heterocycles. The van der Waals surface area contributed by atoms with Gasteiger partial charge >= 0.3 is 11.9 Å². The molecule has 0 fully saturated rings. The first-order valence-electron chi connectivity index (χ1n) is 15.5. The number of carboxylic acids is 1. The Balaban J connectivity index is 1.99. The van der Waals surface area contributed by atoms with E-state index >= 15 is 0 Å². The third kappa shape index (κ3) is 13.3. The second-order valence-electron chi connectivity index (χ2n) is 11.9. The zero-order valence-corrected chi connectivity index (χ0v) is 28.7. The Morgan fingerprint density at radius 2 is 1.63 bits per heavy atom. The number of carboxylic acid groups (broad SMARTS) is 1. The predicted molar refractivity (Wildman–Crippen MR) is 179 cm³/mol. The Hall–Kier alpha value is -3.70. The fraction of sp³-hybridized carbons (Fsp3) is 0.486. The molecule has 0 saturated carbocycles. The first-order valence-corrected chi connectivity index (χ1v) is 16.4. The first-order chi connectivity index (χ1) is 21.8. The monoisotopic (exact) mass is 702 g/mol. The van der Waals surface area contributed by atoms with E-state index in [0.29, 0.717) is 18.6 Å². The molecule has 0 aromatic heterocycles. The molecular weight excluding hydrogens is 656 g/mol. The molecule has 0 bridgehead atoms. The lowest BCUT2D eigenvalue weighted by Crippen LogP contribution is -2.49. The second-order valence-corrected chi connectivity index (χ2v) is 13.0. The highest BCUT2D eigenvalue weighted by Crippen LogP contribution is 2.30. The molecule has 0 radical (unpaired) electrons. The number of rotatable bonds is 19. The van der Waals surface area contributed by atoms with Crippen LogP contribution in [0.15, 0.2) is 66.7 Å². The summed E-state index contributed by atoms with van der Waals surface area (Å²) in [7, 11) is 1.55. The summed E-state index contributed by atoms with van der Waals surface area (Å²) in [4.78, 5) is 50.0. The zero-order chi connectivity index (χ0) is 34.2. The van der Waals surface area contributed by atoms with Crippen molar-refractivity contribution in [2.24, 2.45) is 17.8 Å². The number of allylic oxidation sites excluding steroid dienone is 1. The maximum atomic E-state index is 13.2. The van der Waals surface area contributed by atoms with Gasteiger partial charge in [-0.05, 0) is 60.4 Å². The number of carbonyl (C=O) groups is 4. The van der Waals surface area contributed by atoms with Crippen LogP contribution in [0.2, 0.25) is 0 Å². The Kier molecular flexibility index (Phi) is 16.5. The van der Waals surface area contributed by atoms with Crippen molar-refractivity contribution in [1.29, 1.82) is 0 Å². The number of methoxy groups -OCH3 is 1. The van der Waals surface area contributed by atoms with E-state index in [2.05, 4.69) is 26.6 Å². The van der Waals surface area contributed by atoms with Crippen LogP contribution in [0.5, 0.6) is 5.75 Å². The van der Waals surface area contributed by atoms with Crippen LogP contribution in [-0.2, 0) is 30.3 Å². The summed E-state index contributed by atoms with van der Waals surface area (Å²) in [5.41, 5.74) is 1.61. The van der Waals surface area contributed by atoms with Gasteiger partial charge in [0.15, 0.2) is 6.10 Å². The van der Waals surface area contributed by atoms with Gasteiger partial charge in [-0.3, -0.25) is 14.4 Å². The van der Waals surface area contributed by atoms with Crippen LogP contribution in [-0.4, -0.2) is 64.6 Å². The number of nitrogens with one attached hydrogen (secondary N) is 2. The molecule has 2 amide bonds. The summed E-state index contributed by atoms with van der Waals surface area (Å²) in [6.07, 6.45) is 2.85. The molecule has 2 rings (SSSR count). The van der Waals surface area contributed by atoms with Crippen LogP contribution in [0.1, 0.15) is 64.2 Å². The highest BCUT2D eigenvalue weighted by atomic mass is 79.9. The molecule has 0 aliphatic carbocycles. The Morgan fingerprint density at radius 1 is 0.978 bits per heavy atom. The number of hydrogen-bond donors (Lipinski definition) is 4. The van der Waals surface area contributed by atoms with Gasteiger partial charge in [0, 0.05) is 17.8 Å². The SMILES string of the molecule is COc1ccc(C[C@@H](NC(=O)/C=C/CC[C@H](C)[C@@H](Br)C(O)c2ccccc2)C(=O)NCC(C)C(=O)O[C@@H](CC(C)C)C(=O)O)cc1. The molecule has 2 unspecified atom stereocenters. The standard InChI is InChI=1S/C35H47BrN2O8/c1-22(2)19-29(34(42)43)46-35(44)24(4)21-37-33(41)28(20-25-15-17-27(45-5)18-16-25)38-30(39)14-10-9-11-23(3)31(36)32(40)26-12-7-6-8-13-26/h6-8,10,12-18,22-24,28-29,31-32,40H,9,11,19-21H2,1-5H3,(H,37,41)(H,38,39)(H,42,43)/b14-10+/t23-,24?,28+,29-,31+,32?/m0/s1. The van der Waals surface area contributed by atoms with E-state index in [9.17, 15) is 29.4 Å². The van der Waals surface area contributed by atoms with Crippen molar-refractivity contribution in [3.8, 4) is 5.75 Å². The molecule has 252 valence electrons. The molecule has 0 aliphatic heterocycles. The van der Waals surface area contributed by atoms with E-state index in [4.69, 9.17) is 9.47 Å². The molecule has 2 aromatic rings. The van der Waals surface area contributed by atoms with Crippen molar-refractivity contribution in [3.63, 3.8) is 0 Å². The van der Waals surface area contributed by atoms with Crippen molar-refractivity contribution < 1.29 is 38.9 Å². The third-order valence-electron chi connectivity index (χ3n) is 7.48. The van der Waals surface area contributed by atoms with Crippen LogP contribution in [0.25, 0.3) is 0 Å². The number of esters is 1. The molecule has 0 spiro atoms. The van der Waals surface area contributed by atoms with Gasteiger partial charge in [-0.2, -0.15) is 0 Å². The lowest BCUT2D eigenvalue weighted by molar-refractivity contribution is -0.167. The van der Waals surface area contributed by atoms with Crippen molar-refractivity contribution in [2.45, 2.75) is 76.5 Å². The molecule has 10 nitrogen and oxygen atoms in total. The van der Waals surface area contributed by atoms with Crippen molar-refractivity contribution >= 4 is 39.7 Å². The summed E-state index contributed by atoms with van der Waals surface area (Å²) in [6.45, 7) is 7.12. The summed E-state index contributed by atoms with van der Waals surface area (Å²) < 4.78 is 10.4. The fourth-order valence-electron chi connectivity index (χ4n) is 4.62. The van der Waals surface area contributed by atoms with Crippen molar-refractivity contribution in [3.05, 3.63) is 77.9 Å². The van der Waals surface area contributed by atoms with Crippen LogP contribution in [0, 0.1) is 17.8 Å². The number of alkyl halides is 1. The Labute approximate surface area is 280 Å². The average Bonchev–Trinajstić information content (AvgIpc) is 3.04. The van der Waals surface area contributed by atoms with Gasteiger partial charge in [0.25, 0.3) is 0 Å². The van der Waals surface area contributed by atoms with E-state index in [0.717, 1.165) is 11.1 Å². The number of aliphatic carboxylic acids is 1. The molecule has 4 N–H and O–H groups in total. The molecule has 2 aromatic carbocycles. The van der Waals surface area contributed by atoms with E-state index in [-0.39, 0.29) is 36.0 Å². The molecule has 0 saturated heterocycles. The first kappa shape index (κ1) is 38.5. The lowest BCUT2D eigenvalue weighted by atomic mass is 9.94. The summed E-state index contributed by atoms with van der Waals surface area (Å²) in [5, 5.41) is 25.5. The van der Waals surface area contributed by atoms with Crippen LogP contribution in [0.4, 0.5) is 0 Å². The largest absolute Gasteiger partial charge is 0.497 e. The van der Waals surface area contributed by atoms with Gasteiger partial charge in [-0.1, -0.05) is 92.2 Å². The quantitative estimate of drug-likeness (QED) is 0.0909. The van der Waals surface area contributed by atoms with Crippen LogP contribution < -0.4 is 15.4 Å². The topological polar surface area (TPSA) is 151 Å². The third-order valence-corrected chi connectivity index (χ3v) is 8.88. The molecule has 11 heteroatoms. The summed E-state index contributed by atoms with van der Waals surface area (Å²) in [6, 6.07) is 15.6. The highest BCUT2D eigenvalue weighted by Gasteiger charge is 2.28. The van der Waals surface area contributed by atoms with E-state index in [1.54, 1.807) is 37.5 Å². The fourth-order valence-corrected chi connectivity index (χ4v) is 5.19. The number of aliphatic hydroxyl groups is 1. The number of hydrogen-bond acceptors (Lipinski definition) is 7. The second kappa shape index (κ2) is 19.7. The smallest absolute Gasteiger partial charge is 0.345 e. The number of halogens is 1. The Bertz CT molecular complexity index is 1290.